The van der Waals surface area contributed by atoms with Crippen molar-refractivity contribution in [3.63, 3.8) is 0 Å². The van der Waals surface area contributed by atoms with Crippen LogP contribution in [0, 0.1) is 6.92 Å². The topological polar surface area (TPSA) is 55.1 Å². The number of aryl methyl sites for hydroxylation is 1. The maximum absolute atomic E-state index is 6.03. The zero-order valence-corrected chi connectivity index (χ0v) is 13.3. The molecule has 4 rings (SSSR count). The molecule has 0 aliphatic carbocycles. The van der Waals surface area contributed by atoms with Gasteiger partial charge in [0.1, 0.15) is 5.52 Å². The first-order valence-electron chi connectivity index (χ1n) is 7.64. The Kier molecular flexibility index (Phi) is 3.63. The first kappa shape index (κ1) is 13.8. The second kappa shape index (κ2) is 5.78. The molecule has 1 aliphatic rings. The monoisotopic (exact) mass is 314 g/mol. The van der Waals surface area contributed by atoms with Crippen LogP contribution in [0.25, 0.3) is 11.1 Å². The first-order chi connectivity index (χ1) is 10.8. The van der Waals surface area contributed by atoms with Gasteiger partial charge in [0.05, 0.1) is 5.69 Å². The van der Waals surface area contributed by atoms with Crippen LogP contribution in [0.5, 0.6) is 0 Å². The molecule has 0 atom stereocenters. The highest BCUT2D eigenvalue weighted by atomic mass is 32.1. The third-order valence-corrected chi connectivity index (χ3v) is 4.91. The number of rotatable bonds is 3. The van der Waals surface area contributed by atoms with Crippen LogP contribution < -0.4 is 0 Å². The van der Waals surface area contributed by atoms with E-state index >= 15 is 0 Å². The molecule has 1 aromatic carbocycles. The molecule has 0 N–H and O–H groups in total. The van der Waals surface area contributed by atoms with Gasteiger partial charge < -0.3 is 4.42 Å². The van der Waals surface area contributed by atoms with Crippen LogP contribution in [0.4, 0.5) is 0 Å². The van der Waals surface area contributed by atoms with Crippen molar-refractivity contribution in [2.75, 3.05) is 13.1 Å². The predicted molar refractivity (Wildman–Crippen MR) is 85.9 cm³/mol. The van der Waals surface area contributed by atoms with Crippen LogP contribution in [0.2, 0.25) is 0 Å². The van der Waals surface area contributed by atoms with Crippen LogP contribution >= 0.6 is 11.5 Å². The normalized spacial score (nSPS) is 17.3. The molecule has 6 heteroatoms. The summed E-state index contributed by atoms with van der Waals surface area (Å²) in [6, 6.07) is 6.13. The van der Waals surface area contributed by atoms with Crippen molar-refractivity contribution < 1.29 is 4.42 Å². The molecule has 5 nitrogen and oxygen atoms in total. The molecular weight excluding hydrogens is 296 g/mol. The third-order valence-electron chi connectivity index (χ3n) is 4.36. The van der Waals surface area contributed by atoms with Crippen molar-refractivity contribution in [3.8, 4) is 0 Å². The third kappa shape index (κ3) is 2.64. The fourth-order valence-electron chi connectivity index (χ4n) is 3.10. The van der Waals surface area contributed by atoms with Gasteiger partial charge in [0.15, 0.2) is 11.5 Å². The number of oxazole rings is 1. The van der Waals surface area contributed by atoms with E-state index in [1.54, 1.807) is 0 Å². The molecule has 1 fully saturated rings. The summed E-state index contributed by atoms with van der Waals surface area (Å²) in [6.07, 6.45) is 2.17. The summed E-state index contributed by atoms with van der Waals surface area (Å²) in [7, 11) is 0. The summed E-state index contributed by atoms with van der Waals surface area (Å²) < 4.78 is 9.95. The van der Waals surface area contributed by atoms with Crippen LogP contribution in [-0.4, -0.2) is 32.6 Å². The van der Waals surface area contributed by atoms with Gasteiger partial charge in [0.25, 0.3) is 0 Å². The Bertz CT molecular complexity index is 760. The van der Waals surface area contributed by atoms with Gasteiger partial charge in [-0.1, -0.05) is 16.6 Å². The molecule has 2 aromatic heterocycles. The van der Waals surface area contributed by atoms with Crippen LogP contribution in [0.15, 0.2) is 28.0 Å². The molecular formula is C16H18N4OS. The van der Waals surface area contributed by atoms with E-state index in [0.717, 1.165) is 60.7 Å². The molecule has 1 aliphatic heterocycles. The highest BCUT2D eigenvalue weighted by Crippen LogP contribution is 2.31. The van der Waals surface area contributed by atoms with Crippen molar-refractivity contribution in [2.24, 2.45) is 0 Å². The van der Waals surface area contributed by atoms with E-state index in [-0.39, 0.29) is 0 Å². The molecule has 0 radical (unpaired) electrons. The number of para-hydroxylation sites is 1. The lowest BCUT2D eigenvalue weighted by Gasteiger charge is -2.29. The number of fused-ring (bicyclic) bond motifs is 1. The Labute approximate surface area is 133 Å². The van der Waals surface area contributed by atoms with Crippen LogP contribution in [0.3, 0.4) is 0 Å². The van der Waals surface area contributed by atoms with Crippen molar-refractivity contribution in [3.05, 3.63) is 40.7 Å². The summed E-state index contributed by atoms with van der Waals surface area (Å²) in [6.45, 7) is 5.08. The number of hydrogen-bond donors (Lipinski definition) is 0. The molecule has 0 amide bonds. The van der Waals surface area contributed by atoms with E-state index in [2.05, 4.69) is 27.5 Å². The zero-order valence-electron chi connectivity index (χ0n) is 12.5. The molecule has 0 unspecified atom stereocenters. The number of benzene rings is 1. The van der Waals surface area contributed by atoms with Crippen molar-refractivity contribution in [1.29, 1.82) is 0 Å². The Balaban J connectivity index is 1.45. The lowest BCUT2D eigenvalue weighted by atomic mass is 9.97. The fourth-order valence-corrected chi connectivity index (χ4v) is 3.54. The van der Waals surface area contributed by atoms with Gasteiger partial charge in [-0.2, -0.15) is 0 Å². The average Bonchev–Trinajstić information content (AvgIpc) is 3.18. The molecule has 0 saturated carbocycles. The quantitative estimate of drug-likeness (QED) is 0.742. The maximum Gasteiger partial charge on any atom is 0.198 e. The van der Waals surface area contributed by atoms with E-state index in [1.807, 2.05) is 17.5 Å². The molecule has 22 heavy (non-hydrogen) atoms. The van der Waals surface area contributed by atoms with Crippen molar-refractivity contribution >= 4 is 22.6 Å². The SMILES string of the molecule is Cc1cccc2nc(C3CCN(Cc4csnn4)CC3)oc12. The van der Waals surface area contributed by atoms with Crippen LogP contribution in [0.1, 0.15) is 35.9 Å². The lowest BCUT2D eigenvalue weighted by Crippen LogP contribution is -2.32. The van der Waals surface area contributed by atoms with E-state index in [4.69, 9.17) is 9.40 Å². The highest BCUT2D eigenvalue weighted by molar-refractivity contribution is 7.03. The van der Waals surface area contributed by atoms with Gasteiger partial charge >= 0.3 is 0 Å². The number of nitrogens with zero attached hydrogens (tertiary/aromatic N) is 4. The van der Waals surface area contributed by atoms with E-state index in [0.29, 0.717) is 5.92 Å². The highest BCUT2D eigenvalue weighted by Gasteiger charge is 2.25. The van der Waals surface area contributed by atoms with E-state index < -0.39 is 0 Å². The Hall–Kier alpha value is -1.79. The number of piperidine rings is 1. The minimum atomic E-state index is 0.427. The van der Waals surface area contributed by atoms with Gasteiger partial charge in [-0.25, -0.2) is 4.98 Å². The minimum Gasteiger partial charge on any atom is -0.440 e. The summed E-state index contributed by atoms with van der Waals surface area (Å²) in [5, 5.41) is 6.15. The smallest absolute Gasteiger partial charge is 0.198 e. The Morgan fingerprint density at radius 1 is 1.32 bits per heavy atom. The standard InChI is InChI=1S/C16H18N4OS/c1-11-3-2-4-14-15(11)21-16(17-14)12-5-7-20(8-6-12)9-13-10-22-19-18-13/h2-4,10,12H,5-9H2,1H3. The van der Waals surface area contributed by atoms with E-state index in [9.17, 15) is 0 Å². The number of aromatic nitrogens is 3. The first-order valence-corrected chi connectivity index (χ1v) is 8.47. The number of likely N-dealkylation sites (tertiary alicyclic amines) is 1. The second-order valence-corrected chi connectivity index (χ2v) is 6.53. The Morgan fingerprint density at radius 2 is 2.18 bits per heavy atom. The molecule has 3 heterocycles. The Morgan fingerprint density at radius 3 is 2.91 bits per heavy atom. The summed E-state index contributed by atoms with van der Waals surface area (Å²) >= 11 is 1.42. The summed E-state index contributed by atoms with van der Waals surface area (Å²) in [5.74, 6) is 1.33. The maximum atomic E-state index is 6.03. The molecule has 114 valence electrons. The van der Waals surface area contributed by atoms with Gasteiger partial charge in [0, 0.05) is 17.8 Å². The van der Waals surface area contributed by atoms with Crippen molar-refractivity contribution in [2.45, 2.75) is 32.2 Å². The zero-order chi connectivity index (χ0) is 14.9. The molecule has 0 bridgehead atoms. The summed E-state index contributed by atoms with van der Waals surface area (Å²) in [5.41, 5.74) is 4.14. The van der Waals surface area contributed by atoms with E-state index in [1.165, 1.54) is 11.5 Å². The molecule has 1 saturated heterocycles. The average molecular weight is 314 g/mol. The fraction of sp³-hybridized carbons (Fsp3) is 0.438. The molecule has 0 spiro atoms. The number of hydrogen-bond acceptors (Lipinski definition) is 6. The predicted octanol–water partition coefficient (Wildman–Crippen LogP) is 3.37. The molecule has 3 aromatic rings. The summed E-state index contributed by atoms with van der Waals surface area (Å²) in [4.78, 5) is 7.12. The lowest BCUT2D eigenvalue weighted by molar-refractivity contribution is 0.192. The van der Waals surface area contributed by atoms with Gasteiger partial charge in [-0.15, -0.1) is 5.10 Å². The van der Waals surface area contributed by atoms with Gasteiger partial charge in [-0.3, -0.25) is 4.90 Å². The second-order valence-electron chi connectivity index (χ2n) is 5.92. The van der Waals surface area contributed by atoms with Gasteiger partial charge in [0.2, 0.25) is 0 Å². The largest absolute Gasteiger partial charge is 0.440 e. The van der Waals surface area contributed by atoms with Crippen LogP contribution in [-0.2, 0) is 6.54 Å². The van der Waals surface area contributed by atoms with Gasteiger partial charge in [-0.05, 0) is 56.0 Å². The minimum absolute atomic E-state index is 0.427. The van der Waals surface area contributed by atoms with Crippen molar-refractivity contribution in [1.82, 2.24) is 19.5 Å².